The van der Waals surface area contributed by atoms with Crippen molar-refractivity contribution in [1.82, 2.24) is 19.9 Å². The van der Waals surface area contributed by atoms with E-state index in [0.717, 1.165) is 21.4 Å². The van der Waals surface area contributed by atoms with E-state index in [9.17, 15) is 0 Å². The zero-order valence-electron chi connectivity index (χ0n) is 10.6. The molecule has 0 saturated heterocycles. The van der Waals surface area contributed by atoms with Gasteiger partial charge in [-0.1, -0.05) is 13.8 Å². The van der Waals surface area contributed by atoms with Crippen molar-refractivity contribution >= 4 is 17.6 Å². The molecular formula is C12H15N5S. The highest BCUT2D eigenvalue weighted by atomic mass is 32.2. The van der Waals surface area contributed by atoms with Crippen molar-refractivity contribution in [2.45, 2.75) is 36.7 Å². The van der Waals surface area contributed by atoms with Gasteiger partial charge in [0, 0.05) is 23.9 Å². The molecule has 0 radical (unpaired) electrons. The first-order valence-corrected chi connectivity index (χ1v) is 6.47. The summed E-state index contributed by atoms with van der Waals surface area (Å²) in [6.07, 6.45) is 5.01. The molecule has 0 aliphatic rings. The van der Waals surface area contributed by atoms with Crippen LogP contribution in [0, 0.1) is 6.92 Å². The fraction of sp³-hybridized carbons (Fsp3) is 0.333. The van der Waals surface area contributed by atoms with E-state index in [1.54, 1.807) is 18.6 Å². The van der Waals surface area contributed by atoms with E-state index >= 15 is 0 Å². The summed E-state index contributed by atoms with van der Waals surface area (Å²) in [5.41, 5.74) is 6.80. The number of hydrogen-bond donors (Lipinski definition) is 1. The summed E-state index contributed by atoms with van der Waals surface area (Å²) >= 11 is 1.46. The monoisotopic (exact) mass is 261 g/mol. The van der Waals surface area contributed by atoms with Gasteiger partial charge in [-0.15, -0.1) is 0 Å². The van der Waals surface area contributed by atoms with E-state index in [2.05, 4.69) is 19.9 Å². The average molecular weight is 261 g/mol. The second-order valence-corrected chi connectivity index (χ2v) is 5.21. The maximum atomic E-state index is 5.91. The van der Waals surface area contributed by atoms with Gasteiger partial charge in [0.15, 0.2) is 0 Å². The molecule has 0 spiro atoms. The van der Waals surface area contributed by atoms with Crippen molar-refractivity contribution in [2.75, 3.05) is 5.73 Å². The minimum atomic E-state index is 0.245. The van der Waals surface area contributed by atoms with Crippen molar-refractivity contribution in [3.8, 4) is 0 Å². The summed E-state index contributed by atoms with van der Waals surface area (Å²) in [6.45, 7) is 6.00. The van der Waals surface area contributed by atoms with Crippen LogP contribution in [0.5, 0.6) is 0 Å². The van der Waals surface area contributed by atoms with E-state index < -0.39 is 0 Å². The first-order valence-electron chi connectivity index (χ1n) is 5.65. The summed E-state index contributed by atoms with van der Waals surface area (Å²) in [5.74, 6) is 1.53. The molecule has 0 saturated carbocycles. The molecule has 18 heavy (non-hydrogen) atoms. The topological polar surface area (TPSA) is 77.6 Å². The van der Waals surface area contributed by atoms with Crippen molar-refractivity contribution < 1.29 is 0 Å². The summed E-state index contributed by atoms with van der Waals surface area (Å²) < 4.78 is 0. The Morgan fingerprint density at radius 2 is 2.00 bits per heavy atom. The summed E-state index contributed by atoms with van der Waals surface area (Å²) in [4.78, 5) is 17.1. The van der Waals surface area contributed by atoms with Gasteiger partial charge in [0.05, 0.1) is 6.20 Å². The lowest BCUT2D eigenvalue weighted by Crippen LogP contribution is -2.05. The van der Waals surface area contributed by atoms with Crippen LogP contribution in [0.3, 0.4) is 0 Å². The maximum Gasteiger partial charge on any atom is 0.134 e. The number of anilines is 1. The number of nitrogens with zero attached hydrogens (tertiary/aromatic N) is 4. The van der Waals surface area contributed by atoms with Crippen LogP contribution in [-0.4, -0.2) is 19.9 Å². The smallest absolute Gasteiger partial charge is 0.134 e. The molecule has 0 fully saturated rings. The van der Waals surface area contributed by atoms with Gasteiger partial charge in [-0.2, -0.15) is 0 Å². The summed E-state index contributed by atoms with van der Waals surface area (Å²) in [6, 6.07) is 0. The Morgan fingerprint density at radius 3 is 2.61 bits per heavy atom. The maximum absolute atomic E-state index is 5.91. The third-order valence-corrected chi connectivity index (χ3v) is 3.42. The van der Waals surface area contributed by atoms with Crippen LogP contribution in [0.25, 0.3) is 0 Å². The van der Waals surface area contributed by atoms with Gasteiger partial charge in [-0.25, -0.2) is 15.0 Å². The lowest BCUT2D eigenvalue weighted by atomic mass is 10.2. The van der Waals surface area contributed by atoms with Crippen LogP contribution in [-0.2, 0) is 0 Å². The number of nitrogen functional groups attached to an aromatic ring is 1. The van der Waals surface area contributed by atoms with Crippen LogP contribution < -0.4 is 5.73 Å². The van der Waals surface area contributed by atoms with Gasteiger partial charge >= 0.3 is 0 Å². The van der Waals surface area contributed by atoms with Crippen molar-refractivity contribution in [2.24, 2.45) is 0 Å². The Morgan fingerprint density at radius 1 is 1.22 bits per heavy atom. The molecule has 2 heterocycles. The lowest BCUT2D eigenvalue weighted by molar-refractivity contribution is 0.751. The molecule has 0 atom stereocenters. The first-order chi connectivity index (χ1) is 8.58. The molecule has 0 bridgehead atoms. The average Bonchev–Trinajstić information content (AvgIpc) is 2.35. The predicted molar refractivity (Wildman–Crippen MR) is 71.4 cm³/mol. The van der Waals surface area contributed by atoms with Crippen molar-refractivity contribution in [3.63, 3.8) is 0 Å². The van der Waals surface area contributed by atoms with Gasteiger partial charge in [-0.3, -0.25) is 4.98 Å². The fourth-order valence-corrected chi connectivity index (χ4v) is 2.15. The van der Waals surface area contributed by atoms with E-state index in [4.69, 9.17) is 5.73 Å². The van der Waals surface area contributed by atoms with Crippen LogP contribution in [0.4, 0.5) is 5.82 Å². The quantitative estimate of drug-likeness (QED) is 0.855. The predicted octanol–water partition coefficient (Wildman–Crippen LogP) is 2.43. The van der Waals surface area contributed by atoms with Gasteiger partial charge in [-0.05, 0) is 18.7 Å². The number of hydrogen-bond acceptors (Lipinski definition) is 6. The van der Waals surface area contributed by atoms with E-state index in [0.29, 0.717) is 5.82 Å². The minimum Gasteiger partial charge on any atom is -0.383 e. The summed E-state index contributed by atoms with van der Waals surface area (Å²) in [5, 5.41) is 1.64. The summed E-state index contributed by atoms with van der Waals surface area (Å²) in [7, 11) is 0. The Balaban J connectivity index is 2.38. The molecule has 2 rings (SSSR count). The lowest BCUT2D eigenvalue weighted by Gasteiger charge is -2.10. The highest BCUT2D eigenvalue weighted by Gasteiger charge is 2.12. The molecule has 94 valence electrons. The largest absolute Gasteiger partial charge is 0.383 e. The zero-order chi connectivity index (χ0) is 13.1. The normalized spacial score (nSPS) is 10.9. The van der Waals surface area contributed by atoms with Gasteiger partial charge < -0.3 is 5.73 Å². The molecular weight excluding hydrogens is 246 g/mol. The molecule has 2 aromatic heterocycles. The van der Waals surface area contributed by atoms with E-state index in [-0.39, 0.29) is 5.92 Å². The number of rotatable bonds is 3. The molecule has 2 N–H and O–H groups in total. The number of aromatic nitrogens is 4. The molecule has 0 aromatic carbocycles. The van der Waals surface area contributed by atoms with Crippen molar-refractivity contribution in [1.29, 1.82) is 0 Å². The Labute approximate surface area is 110 Å². The third kappa shape index (κ3) is 2.76. The van der Waals surface area contributed by atoms with Gasteiger partial charge in [0.2, 0.25) is 0 Å². The highest BCUT2D eigenvalue weighted by molar-refractivity contribution is 7.99. The zero-order valence-corrected chi connectivity index (χ0v) is 11.4. The molecule has 2 aromatic rings. The molecule has 0 unspecified atom stereocenters. The highest BCUT2D eigenvalue weighted by Crippen LogP contribution is 2.29. The molecule has 6 heteroatoms. The molecule has 0 aliphatic heterocycles. The molecule has 0 amide bonds. The van der Waals surface area contributed by atoms with Gasteiger partial charge in [0.1, 0.15) is 21.7 Å². The Hall–Kier alpha value is -1.69. The Kier molecular flexibility index (Phi) is 3.76. The third-order valence-electron chi connectivity index (χ3n) is 2.41. The van der Waals surface area contributed by atoms with Crippen LogP contribution in [0.2, 0.25) is 0 Å². The van der Waals surface area contributed by atoms with Crippen LogP contribution in [0.1, 0.15) is 31.2 Å². The van der Waals surface area contributed by atoms with E-state index in [1.807, 2.05) is 20.8 Å². The first kappa shape index (κ1) is 12.8. The van der Waals surface area contributed by atoms with Crippen LogP contribution in [0.15, 0.2) is 28.6 Å². The van der Waals surface area contributed by atoms with Crippen LogP contribution >= 0.6 is 11.8 Å². The van der Waals surface area contributed by atoms with E-state index in [1.165, 1.54) is 11.8 Å². The van der Waals surface area contributed by atoms with Gasteiger partial charge in [0.25, 0.3) is 0 Å². The number of nitrogens with two attached hydrogens (primary N) is 1. The molecule has 0 aliphatic carbocycles. The standard InChI is InChI=1S/C12H15N5S/c1-7(2)11-16-10(13)8(3)12(17-11)18-9-6-14-4-5-15-9/h4-7H,1-3H3,(H2,13,16,17). The Bertz CT molecular complexity index is 542. The second-order valence-electron chi connectivity index (χ2n) is 4.20. The SMILES string of the molecule is Cc1c(N)nc(C(C)C)nc1Sc1cnccn1. The minimum absolute atomic E-state index is 0.245. The molecule has 5 nitrogen and oxygen atoms in total. The fourth-order valence-electron chi connectivity index (χ4n) is 1.32. The van der Waals surface area contributed by atoms with Crippen molar-refractivity contribution in [3.05, 3.63) is 30.0 Å². The second kappa shape index (κ2) is 5.30.